The second kappa shape index (κ2) is 2.22. The summed E-state index contributed by atoms with van der Waals surface area (Å²) in [6.07, 6.45) is 2.46. The van der Waals surface area contributed by atoms with Crippen LogP contribution in [0.1, 0.15) is 26.2 Å². The number of carbonyl (C=O) groups is 1. The highest BCUT2D eigenvalue weighted by molar-refractivity contribution is 5.68. The van der Waals surface area contributed by atoms with E-state index in [0.717, 1.165) is 26.1 Å². The molecule has 2 rings (SSSR count). The topological polar surface area (TPSA) is 46.5 Å². The molecule has 0 amide bonds. The quantitative estimate of drug-likeness (QED) is 0.694. The van der Waals surface area contributed by atoms with E-state index in [1.165, 1.54) is 0 Å². The minimum absolute atomic E-state index is 0.0804. The van der Waals surface area contributed by atoms with Crippen LogP contribution < -0.4 is 0 Å². The van der Waals surface area contributed by atoms with Gasteiger partial charge in [0.15, 0.2) is 0 Å². The first-order valence-electron chi connectivity index (χ1n) is 4.38. The van der Waals surface area contributed by atoms with Gasteiger partial charge < -0.3 is 9.84 Å². The van der Waals surface area contributed by atoms with Crippen LogP contribution in [0.5, 0.6) is 0 Å². The summed E-state index contributed by atoms with van der Waals surface area (Å²) < 4.78 is 5.15. The molecule has 1 saturated heterocycles. The summed E-state index contributed by atoms with van der Waals surface area (Å²) in [6, 6.07) is 0. The van der Waals surface area contributed by atoms with Crippen molar-refractivity contribution in [2.45, 2.75) is 26.2 Å². The van der Waals surface area contributed by atoms with Crippen molar-refractivity contribution in [1.82, 2.24) is 0 Å². The molecule has 1 aliphatic heterocycles. The average Bonchev–Trinajstić information content (AvgIpc) is 2.63. The first-order valence-corrected chi connectivity index (χ1v) is 4.38. The molecular formula is C9H14O3. The molecule has 0 spiro atoms. The van der Waals surface area contributed by atoms with Gasteiger partial charge in [0.05, 0.1) is 19.6 Å². The Hall–Kier alpha value is -0.570. The van der Waals surface area contributed by atoms with Crippen LogP contribution in [-0.4, -0.2) is 24.3 Å². The maximum absolute atomic E-state index is 10.6. The number of rotatable bonds is 3. The molecule has 3 heteroatoms. The summed E-state index contributed by atoms with van der Waals surface area (Å²) in [5.74, 6) is -0.666. The fraction of sp³-hybridized carbons (Fsp3) is 0.889. The second-order valence-corrected chi connectivity index (χ2v) is 4.40. The predicted molar refractivity (Wildman–Crippen MR) is 42.8 cm³/mol. The minimum Gasteiger partial charge on any atom is -0.481 e. The Morgan fingerprint density at radius 1 is 1.50 bits per heavy atom. The van der Waals surface area contributed by atoms with E-state index in [9.17, 15) is 4.79 Å². The van der Waals surface area contributed by atoms with E-state index in [2.05, 4.69) is 6.92 Å². The number of carboxylic acid groups (broad SMARTS) is 1. The maximum atomic E-state index is 10.6. The monoisotopic (exact) mass is 170 g/mol. The Bertz CT molecular complexity index is 214. The summed E-state index contributed by atoms with van der Waals surface area (Å²) in [4.78, 5) is 10.6. The van der Waals surface area contributed by atoms with Gasteiger partial charge in [-0.25, -0.2) is 0 Å². The van der Waals surface area contributed by atoms with Crippen molar-refractivity contribution in [2.75, 3.05) is 13.2 Å². The lowest BCUT2D eigenvalue weighted by Crippen LogP contribution is -2.47. The van der Waals surface area contributed by atoms with Gasteiger partial charge in [-0.2, -0.15) is 0 Å². The van der Waals surface area contributed by atoms with Crippen LogP contribution in [0, 0.1) is 10.8 Å². The zero-order chi connectivity index (χ0) is 8.82. The zero-order valence-corrected chi connectivity index (χ0v) is 7.30. The third kappa shape index (κ3) is 0.959. The van der Waals surface area contributed by atoms with Crippen molar-refractivity contribution in [1.29, 1.82) is 0 Å². The molecule has 0 aromatic heterocycles. The van der Waals surface area contributed by atoms with Crippen molar-refractivity contribution in [2.24, 2.45) is 10.8 Å². The molecule has 0 atom stereocenters. The van der Waals surface area contributed by atoms with Gasteiger partial charge in [0.25, 0.3) is 0 Å². The first kappa shape index (κ1) is 8.05. The van der Waals surface area contributed by atoms with Crippen LogP contribution in [0.4, 0.5) is 0 Å². The standard InChI is InChI=1S/C9H14O3/c1-8(5-12-6-8)9(2-3-9)4-7(10)11/h2-6H2,1H3,(H,10,11). The molecule has 0 radical (unpaired) electrons. The van der Waals surface area contributed by atoms with Crippen LogP contribution in [0.2, 0.25) is 0 Å². The van der Waals surface area contributed by atoms with Gasteiger partial charge in [0.2, 0.25) is 0 Å². The highest BCUT2D eigenvalue weighted by Gasteiger charge is 2.60. The number of hydrogen-bond acceptors (Lipinski definition) is 2. The van der Waals surface area contributed by atoms with E-state index < -0.39 is 5.97 Å². The third-order valence-corrected chi connectivity index (χ3v) is 3.46. The van der Waals surface area contributed by atoms with Crippen LogP contribution in [0.3, 0.4) is 0 Å². The summed E-state index contributed by atoms with van der Waals surface area (Å²) in [5.41, 5.74) is 0.239. The molecule has 12 heavy (non-hydrogen) atoms. The van der Waals surface area contributed by atoms with E-state index in [0.29, 0.717) is 6.42 Å². The lowest BCUT2D eigenvalue weighted by atomic mass is 9.71. The van der Waals surface area contributed by atoms with Crippen LogP contribution >= 0.6 is 0 Å². The molecule has 0 unspecified atom stereocenters. The van der Waals surface area contributed by atoms with Crippen molar-refractivity contribution < 1.29 is 14.6 Å². The van der Waals surface area contributed by atoms with Crippen molar-refractivity contribution >= 4 is 5.97 Å². The van der Waals surface area contributed by atoms with E-state index in [1.54, 1.807) is 0 Å². The molecule has 3 nitrogen and oxygen atoms in total. The van der Waals surface area contributed by atoms with Crippen molar-refractivity contribution in [3.05, 3.63) is 0 Å². The molecule has 0 bridgehead atoms. The highest BCUT2D eigenvalue weighted by atomic mass is 16.5. The molecule has 2 fully saturated rings. The summed E-state index contributed by atoms with van der Waals surface area (Å²) >= 11 is 0. The predicted octanol–water partition coefficient (Wildman–Crippen LogP) is 1.28. The molecule has 0 aromatic rings. The van der Waals surface area contributed by atoms with E-state index in [-0.39, 0.29) is 10.8 Å². The normalized spacial score (nSPS) is 29.1. The van der Waals surface area contributed by atoms with Crippen molar-refractivity contribution in [3.8, 4) is 0 Å². The smallest absolute Gasteiger partial charge is 0.303 e. The lowest BCUT2D eigenvalue weighted by Gasteiger charge is -2.44. The van der Waals surface area contributed by atoms with E-state index in [4.69, 9.17) is 9.84 Å². The number of carboxylic acids is 1. The minimum atomic E-state index is -0.666. The Balaban J connectivity index is 2.05. The number of ether oxygens (including phenoxy) is 1. The zero-order valence-electron chi connectivity index (χ0n) is 7.30. The fourth-order valence-corrected chi connectivity index (χ4v) is 2.15. The van der Waals surface area contributed by atoms with Crippen LogP contribution in [0.25, 0.3) is 0 Å². The van der Waals surface area contributed by atoms with Gasteiger partial charge in [0, 0.05) is 5.41 Å². The first-order chi connectivity index (χ1) is 5.58. The van der Waals surface area contributed by atoms with Crippen LogP contribution in [0.15, 0.2) is 0 Å². The highest BCUT2D eigenvalue weighted by Crippen LogP contribution is 2.63. The third-order valence-electron chi connectivity index (χ3n) is 3.46. The molecule has 1 aliphatic carbocycles. The van der Waals surface area contributed by atoms with E-state index in [1.807, 2.05) is 0 Å². The van der Waals surface area contributed by atoms with Gasteiger partial charge in [0.1, 0.15) is 0 Å². The van der Waals surface area contributed by atoms with Gasteiger partial charge in [-0.05, 0) is 18.3 Å². The fourth-order valence-electron chi connectivity index (χ4n) is 2.15. The molecule has 68 valence electrons. The molecule has 2 aliphatic rings. The average molecular weight is 170 g/mol. The Labute approximate surface area is 71.7 Å². The lowest BCUT2D eigenvalue weighted by molar-refractivity contribution is -0.159. The van der Waals surface area contributed by atoms with Gasteiger partial charge in [-0.3, -0.25) is 4.79 Å². The molecule has 1 N–H and O–H groups in total. The van der Waals surface area contributed by atoms with Gasteiger partial charge in [-0.15, -0.1) is 0 Å². The summed E-state index contributed by atoms with van der Waals surface area (Å²) in [6.45, 7) is 3.65. The SMILES string of the molecule is CC1(C2(CC(=O)O)CC2)COC1. The molecular weight excluding hydrogens is 156 g/mol. The second-order valence-electron chi connectivity index (χ2n) is 4.40. The van der Waals surface area contributed by atoms with Crippen LogP contribution in [-0.2, 0) is 9.53 Å². The van der Waals surface area contributed by atoms with Gasteiger partial charge >= 0.3 is 5.97 Å². The van der Waals surface area contributed by atoms with E-state index >= 15 is 0 Å². The molecule has 0 aromatic carbocycles. The Morgan fingerprint density at radius 3 is 2.33 bits per heavy atom. The number of aliphatic carboxylic acids is 1. The Morgan fingerprint density at radius 2 is 2.08 bits per heavy atom. The van der Waals surface area contributed by atoms with Gasteiger partial charge in [-0.1, -0.05) is 6.92 Å². The Kier molecular flexibility index (Phi) is 1.49. The summed E-state index contributed by atoms with van der Waals surface area (Å²) in [5, 5.41) is 8.73. The number of hydrogen-bond donors (Lipinski definition) is 1. The maximum Gasteiger partial charge on any atom is 0.303 e. The summed E-state index contributed by atoms with van der Waals surface area (Å²) in [7, 11) is 0. The van der Waals surface area contributed by atoms with Crippen molar-refractivity contribution in [3.63, 3.8) is 0 Å². The largest absolute Gasteiger partial charge is 0.481 e. The molecule has 1 saturated carbocycles. The molecule has 1 heterocycles.